The molecule has 0 aliphatic rings. The van der Waals surface area contributed by atoms with Gasteiger partial charge in [-0.15, -0.1) is 0 Å². The summed E-state index contributed by atoms with van der Waals surface area (Å²) in [6.45, 7) is 4.37. The molecule has 4 heteroatoms. The number of hydrogen-bond donors (Lipinski definition) is 1. The first-order valence-corrected chi connectivity index (χ1v) is 9.86. The van der Waals surface area contributed by atoms with Crippen molar-refractivity contribution in [2.75, 3.05) is 13.7 Å². The van der Waals surface area contributed by atoms with E-state index in [1.54, 1.807) is 7.11 Å². The van der Waals surface area contributed by atoms with Crippen molar-refractivity contribution in [1.82, 2.24) is 5.32 Å². The van der Waals surface area contributed by atoms with Gasteiger partial charge in [-0.1, -0.05) is 74.5 Å². The number of halogens is 1. The highest BCUT2D eigenvalue weighted by Crippen LogP contribution is 2.31. The number of para-hydroxylation sites is 1. The third-order valence-corrected chi connectivity index (χ3v) is 4.73. The number of methoxy groups -OCH3 is 1. The van der Waals surface area contributed by atoms with Gasteiger partial charge in [0.15, 0.2) is 11.5 Å². The maximum absolute atomic E-state index is 6.22. The van der Waals surface area contributed by atoms with Crippen molar-refractivity contribution >= 4 is 11.6 Å². The molecule has 0 heterocycles. The fraction of sp³-hybridized carbons (Fsp3) is 0.455. The van der Waals surface area contributed by atoms with Gasteiger partial charge in [0.1, 0.15) is 0 Å². The summed E-state index contributed by atoms with van der Waals surface area (Å²) in [6, 6.07) is 13.9. The average Bonchev–Trinajstić information content (AvgIpc) is 2.66. The molecule has 26 heavy (non-hydrogen) atoms. The van der Waals surface area contributed by atoms with E-state index in [1.165, 1.54) is 25.7 Å². The van der Waals surface area contributed by atoms with Crippen LogP contribution in [0.25, 0.3) is 0 Å². The third-order valence-electron chi connectivity index (χ3n) is 4.36. The Morgan fingerprint density at radius 2 is 1.62 bits per heavy atom. The Morgan fingerprint density at radius 1 is 0.885 bits per heavy atom. The normalized spacial score (nSPS) is 10.7. The molecule has 0 saturated heterocycles. The van der Waals surface area contributed by atoms with Crippen molar-refractivity contribution in [3.05, 3.63) is 58.6 Å². The Balaban J connectivity index is 1.91. The van der Waals surface area contributed by atoms with Crippen molar-refractivity contribution in [3.63, 3.8) is 0 Å². The molecule has 0 unspecified atom stereocenters. The number of nitrogens with one attached hydrogen (secondary N) is 1. The average molecular weight is 376 g/mol. The maximum Gasteiger partial charge on any atom is 0.165 e. The lowest BCUT2D eigenvalue weighted by molar-refractivity contribution is 0.281. The number of benzene rings is 2. The van der Waals surface area contributed by atoms with Crippen LogP contribution in [0, 0.1) is 0 Å². The van der Waals surface area contributed by atoms with Crippen LogP contribution in [0.1, 0.15) is 50.2 Å². The van der Waals surface area contributed by atoms with Gasteiger partial charge in [0.2, 0.25) is 0 Å². The van der Waals surface area contributed by atoms with Crippen LogP contribution >= 0.6 is 11.6 Å². The minimum absolute atomic E-state index is 0.702. The van der Waals surface area contributed by atoms with Gasteiger partial charge in [-0.2, -0.15) is 0 Å². The van der Waals surface area contributed by atoms with Gasteiger partial charge in [0.25, 0.3) is 0 Å². The second kappa shape index (κ2) is 11.8. The zero-order valence-electron chi connectivity index (χ0n) is 15.9. The van der Waals surface area contributed by atoms with Crippen LogP contribution in [0.4, 0.5) is 0 Å². The van der Waals surface area contributed by atoms with Crippen molar-refractivity contribution in [1.29, 1.82) is 0 Å². The summed E-state index contributed by atoms with van der Waals surface area (Å²) in [5.74, 6) is 1.63. The summed E-state index contributed by atoms with van der Waals surface area (Å²) in [5, 5.41) is 4.24. The lowest BCUT2D eigenvalue weighted by Gasteiger charge is -2.16. The highest BCUT2D eigenvalue weighted by molar-refractivity contribution is 6.31. The van der Waals surface area contributed by atoms with Crippen LogP contribution in [0.2, 0.25) is 5.02 Å². The molecule has 0 fully saturated rings. The van der Waals surface area contributed by atoms with Crippen molar-refractivity contribution in [3.8, 4) is 11.5 Å². The molecular weight excluding hydrogens is 346 g/mol. The highest BCUT2D eigenvalue weighted by Gasteiger charge is 2.10. The zero-order chi connectivity index (χ0) is 18.6. The zero-order valence-corrected chi connectivity index (χ0v) is 16.6. The first kappa shape index (κ1) is 20.6. The van der Waals surface area contributed by atoms with E-state index in [2.05, 4.69) is 18.3 Å². The van der Waals surface area contributed by atoms with E-state index in [0.29, 0.717) is 13.1 Å². The lowest BCUT2D eigenvalue weighted by atomic mass is 10.1. The molecule has 3 nitrogen and oxygen atoms in total. The summed E-state index contributed by atoms with van der Waals surface area (Å²) in [7, 11) is 1.68. The predicted octanol–water partition coefficient (Wildman–Crippen LogP) is 5.99. The van der Waals surface area contributed by atoms with Crippen molar-refractivity contribution in [2.45, 2.75) is 52.1 Å². The van der Waals surface area contributed by atoms with Crippen LogP contribution in [0.5, 0.6) is 11.5 Å². The SMILES string of the molecule is CCCCCCCOc1c(CNCc2ccccc2Cl)cccc1OC. The summed E-state index contributed by atoms with van der Waals surface area (Å²) >= 11 is 6.22. The Morgan fingerprint density at radius 3 is 2.38 bits per heavy atom. The van der Waals surface area contributed by atoms with E-state index in [0.717, 1.165) is 40.7 Å². The fourth-order valence-corrected chi connectivity index (χ4v) is 3.08. The van der Waals surface area contributed by atoms with E-state index < -0.39 is 0 Å². The van der Waals surface area contributed by atoms with Crippen LogP contribution < -0.4 is 14.8 Å². The molecule has 0 aliphatic carbocycles. The minimum atomic E-state index is 0.702. The summed E-state index contributed by atoms with van der Waals surface area (Å²) in [5.41, 5.74) is 2.19. The van der Waals surface area contributed by atoms with Gasteiger partial charge < -0.3 is 14.8 Å². The fourth-order valence-electron chi connectivity index (χ4n) is 2.88. The van der Waals surface area contributed by atoms with E-state index in [-0.39, 0.29) is 0 Å². The molecule has 0 saturated carbocycles. The van der Waals surface area contributed by atoms with Gasteiger partial charge in [0, 0.05) is 23.7 Å². The number of rotatable bonds is 12. The first-order valence-electron chi connectivity index (χ1n) is 9.49. The van der Waals surface area contributed by atoms with Crippen molar-refractivity contribution in [2.24, 2.45) is 0 Å². The van der Waals surface area contributed by atoms with Crippen molar-refractivity contribution < 1.29 is 9.47 Å². The Labute approximate surface area is 162 Å². The molecule has 0 amide bonds. The van der Waals surface area contributed by atoms with E-state index >= 15 is 0 Å². The molecule has 2 aromatic rings. The molecule has 0 spiro atoms. The second-order valence-corrected chi connectivity index (χ2v) is 6.81. The molecule has 0 bridgehead atoms. The quantitative estimate of drug-likeness (QED) is 0.462. The maximum atomic E-state index is 6.22. The first-order chi connectivity index (χ1) is 12.8. The highest BCUT2D eigenvalue weighted by atomic mass is 35.5. The van der Waals surface area contributed by atoms with Gasteiger partial charge in [-0.05, 0) is 24.1 Å². The van der Waals surface area contributed by atoms with Crippen LogP contribution in [0.15, 0.2) is 42.5 Å². The van der Waals surface area contributed by atoms with Crippen LogP contribution in [-0.2, 0) is 13.1 Å². The largest absolute Gasteiger partial charge is 0.493 e. The van der Waals surface area contributed by atoms with E-state index in [9.17, 15) is 0 Å². The second-order valence-electron chi connectivity index (χ2n) is 6.41. The molecule has 0 aliphatic heterocycles. The lowest BCUT2D eigenvalue weighted by Crippen LogP contribution is -2.14. The topological polar surface area (TPSA) is 30.5 Å². The molecule has 1 N–H and O–H groups in total. The number of ether oxygens (including phenoxy) is 2. The van der Waals surface area contributed by atoms with E-state index in [1.807, 2.05) is 36.4 Å². The van der Waals surface area contributed by atoms with Gasteiger partial charge in [-0.25, -0.2) is 0 Å². The summed E-state index contributed by atoms with van der Waals surface area (Å²) < 4.78 is 11.6. The molecule has 0 radical (unpaired) electrons. The van der Waals surface area contributed by atoms with Gasteiger partial charge in [-0.3, -0.25) is 0 Å². The molecular formula is C22H30ClNO2. The molecule has 2 rings (SSSR count). The van der Waals surface area contributed by atoms with Gasteiger partial charge in [0.05, 0.1) is 13.7 Å². The standard InChI is InChI=1S/C22H30ClNO2/c1-3-4-5-6-9-15-26-22-19(12-10-14-21(22)25-2)17-24-16-18-11-7-8-13-20(18)23/h7-8,10-14,24H,3-6,9,15-17H2,1-2H3. The smallest absolute Gasteiger partial charge is 0.165 e. The summed E-state index contributed by atoms with van der Waals surface area (Å²) in [4.78, 5) is 0. The number of hydrogen-bond acceptors (Lipinski definition) is 3. The third kappa shape index (κ3) is 6.54. The minimum Gasteiger partial charge on any atom is -0.493 e. The monoisotopic (exact) mass is 375 g/mol. The molecule has 0 atom stereocenters. The predicted molar refractivity (Wildman–Crippen MR) is 109 cm³/mol. The Bertz CT molecular complexity index is 660. The molecule has 142 valence electrons. The molecule has 2 aromatic carbocycles. The Hall–Kier alpha value is -1.71. The van der Waals surface area contributed by atoms with Gasteiger partial charge >= 0.3 is 0 Å². The number of unbranched alkanes of at least 4 members (excludes halogenated alkanes) is 4. The summed E-state index contributed by atoms with van der Waals surface area (Å²) in [6.07, 6.45) is 6.12. The van der Waals surface area contributed by atoms with Crippen LogP contribution in [-0.4, -0.2) is 13.7 Å². The van der Waals surface area contributed by atoms with E-state index in [4.69, 9.17) is 21.1 Å². The molecule has 0 aromatic heterocycles. The Kier molecular flexibility index (Phi) is 9.36. The van der Waals surface area contributed by atoms with Crippen LogP contribution in [0.3, 0.4) is 0 Å².